The van der Waals surface area contributed by atoms with Gasteiger partial charge in [-0.15, -0.1) is 0 Å². The highest BCUT2D eigenvalue weighted by molar-refractivity contribution is 6.91. The Hall–Kier alpha value is -2.87. The molecule has 0 spiro atoms. The number of carbonyl (C=O) groups is 2. The lowest BCUT2D eigenvalue weighted by atomic mass is 10.1. The number of imide groups is 1. The van der Waals surface area contributed by atoms with Crippen molar-refractivity contribution < 1.29 is 22.8 Å². The van der Waals surface area contributed by atoms with E-state index in [9.17, 15) is 22.8 Å². The first-order valence-electron chi connectivity index (χ1n) is 11.3. The van der Waals surface area contributed by atoms with Crippen molar-refractivity contribution in [1.29, 1.82) is 0 Å². The van der Waals surface area contributed by atoms with Gasteiger partial charge in [-0.25, -0.2) is 0 Å². The Morgan fingerprint density at radius 3 is 2.00 bits per heavy atom. The van der Waals surface area contributed by atoms with Crippen molar-refractivity contribution in [3.05, 3.63) is 64.7 Å². The third kappa shape index (κ3) is 3.80. The van der Waals surface area contributed by atoms with Gasteiger partial charge in [-0.2, -0.15) is 13.2 Å². The molecule has 2 amide bonds. The minimum absolute atomic E-state index is 0.129. The van der Waals surface area contributed by atoms with Crippen molar-refractivity contribution in [2.24, 2.45) is 0 Å². The van der Waals surface area contributed by atoms with Crippen LogP contribution in [0.25, 0.3) is 10.9 Å². The van der Waals surface area contributed by atoms with Crippen LogP contribution in [0.2, 0.25) is 18.1 Å². The van der Waals surface area contributed by atoms with Gasteiger partial charge in [-0.3, -0.25) is 14.5 Å². The van der Waals surface area contributed by atoms with Crippen LogP contribution >= 0.6 is 0 Å². The SMILES string of the molecule is CC[Si](CC)(CC)c1[nH]c2ccc(C(F)(F)F)cc2c1CCN1C(=O)c2ccccc2C1=O. The highest BCUT2D eigenvalue weighted by Crippen LogP contribution is 2.34. The van der Waals surface area contributed by atoms with Crippen molar-refractivity contribution >= 4 is 36.1 Å². The summed E-state index contributed by atoms with van der Waals surface area (Å²) in [6, 6.07) is 13.4. The van der Waals surface area contributed by atoms with Gasteiger partial charge in [0.1, 0.15) is 8.07 Å². The number of hydrogen-bond donors (Lipinski definition) is 1. The summed E-state index contributed by atoms with van der Waals surface area (Å²) in [6.45, 7) is 6.55. The summed E-state index contributed by atoms with van der Waals surface area (Å²) >= 11 is 0. The van der Waals surface area contributed by atoms with E-state index in [1.807, 2.05) is 0 Å². The lowest BCUT2D eigenvalue weighted by molar-refractivity contribution is -0.137. The maximum atomic E-state index is 13.5. The fraction of sp³-hybridized carbons (Fsp3) is 0.360. The Kier molecular flexibility index (Phi) is 5.99. The molecule has 4 rings (SSSR count). The number of alkyl halides is 3. The molecule has 0 aliphatic carbocycles. The third-order valence-electron chi connectivity index (χ3n) is 7.26. The minimum Gasteiger partial charge on any atom is -0.362 e. The largest absolute Gasteiger partial charge is 0.416 e. The summed E-state index contributed by atoms with van der Waals surface area (Å²) in [5.74, 6) is -0.698. The van der Waals surface area contributed by atoms with E-state index in [0.29, 0.717) is 28.5 Å². The molecule has 2 aromatic carbocycles. The Morgan fingerprint density at radius 2 is 1.48 bits per heavy atom. The summed E-state index contributed by atoms with van der Waals surface area (Å²) in [6.07, 6.45) is -4.13. The zero-order chi connectivity index (χ0) is 24.0. The maximum Gasteiger partial charge on any atom is 0.416 e. The number of nitrogens with one attached hydrogen (secondary N) is 1. The van der Waals surface area contributed by atoms with E-state index in [2.05, 4.69) is 25.8 Å². The normalized spacial score (nSPS) is 14.4. The maximum absolute atomic E-state index is 13.5. The molecule has 1 aliphatic rings. The van der Waals surface area contributed by atoms with E-state index < -0.39 is 19.8 Å². The first-order chi connectivity index (χ1) is 15.7. The van der Waals surface area contributed by atoms with Gasteiger partial charge in [0.2, 0.25) is 0 Å². The molecule has 0 saturated heterocycles. The molecule has 174 valence electrons. The van der Waals surface area contributed by atoms with Crippen LogP contribution in [0.4, 0.5) is 13.2 Å². The van der Waals surface area contributed by atoms with Crippen molar-refractivity contribution in [3.8, 4) is 0 Å². The smallest absolute Gasteiger partial charge is 0.362 e. The molecular weight excluding hydrogens is 445 g/mol. The van der Waals surface area contributed by atoms with Crippen LogP contribution in [0.3, 0.4) is 0 Å². The van der Waals surface area contributed by atoms with Crippen LogP contribution in [-0.2, 0) is 12.6 Å². The Labute approximate surface area is 191 Å². The van der Waals surface area contributed by atoms with Gasteiger partial charge in [-0.05, 0) is 42.3 Å². The average molecular weight is 473 g/mol. The number of aromatic nitrogens is 1. The second-order valence-corrected chi connectivity index (χ2v) is 13.8. The first kappa shape index (κ1) is 23.3. The van der Waals surface area contributed by atoms with Crippen LogP contribution in [-0.4, -0.2) is 36.3 Å². The molecule has 8 heteroatoms. The Morgan fingerprint density at radius 1 is 0.909 bits per heavy atom. The molecule has 0 atom stereocenters. The van der Waals surface area contributed by atoms with Crippen molar-refractivity contribution in [2.75, 3.05) is 6.54 Å². The Balaban J connectivity index is 1.79. The number of amides is 2. The third-order valence-corrected chi connectivity index (χ3v) is 12.8. The first-order valence-corrected chi connectivity index (χ1v) is 14.0. The number of nitrogens with zero attached hydrogens (tertiary/aromatic N) is 1. The van der Waals surface area contributed by atoms with Gasteiger partial charge in [0, 0.05) is 22.8 Å². The van der Waals surface area contributed by atoms with Gasteiger partial charge < -0.3 is 4.98 Å². The van der Waals surface area contributed by atoms with Crippen molar-refractivity contribution in [1.82, 2.24) is 9.88 Å². The molecule has 0 bridgehead atoms. The van der Waals surface area contributed by atoms with Gasteiger partial charge in [0.15, 0.2) is 0 Å². The van der Waals surface area contributed by atoms with Crippen LogP contribution in [0.1, 0.15) is 52.6 Å². The molecule has 1 N–H and O–H groups in total. The topological polar surface area (TPSA) is 53.2 Å². The molecule has 1 aromatic heterocycles. The zero-order valence-corrected chi connectivity index (χ0v) is 20.0. The number of rotatable bonds is 7. The number of aromatic amines is 1. The predicted octanol–water partition coefficient (Wildman–Crippen LogP) is 5.74. The molecular formula is C25H27F3N2O2Si. The van der Waals surface area contributed by atoms with Gasteiger partial charge in [0.05, 0.1) is 16.7 Å². The van der Waals surface area contributed by atoms with Crippen LogP contribution in [0, 0.1) is 0 Å². The van der Waals surface area contributed by atoms with Gasteiger partial charge in [0.25, 0.3) is 11.8 Å². The fourth-order valence-corrected chi connectivity index (χ4v) is 8.94. The summed E-state index contributed by atoms with van der Waals surface area (Å²) in [5, 5.41) is 1.57. The lowest BCUT2D eigenvalue weighted by Gasteiger charge is -2.29. The number of H-pyrrole nitrogens is 1. The minimum atomic E-state index is -4.44. The average Bonchev–Trinajstić information content (AvgIpc) is 3.29. The molecule has 2 heterocycles. The molecule has 1 aliphatic heterocycles. The predicted molar refractivity (Wildman–Crippen MR) is 126 cm³/mol. The molecule has 4 nitrogen and oxygen atoms in total. The second-order valence-electron chi connectivity index (χ2n) is 8.64. The molecule has 3 aromatic rings. The highest BCUT2D eigenvalue weighted by atomic mass is 28.3. The summed E-state index contributed by atoms with van der Waals surface area (Å²) < 4.78 is 40.4. The number of benzene rings is 2. The molecule has 0 radical (unpaired) electrons. The summed E-state index contributed by atoms with van der Waals surface area (Å²) in [7, 11) is -1.98. The van der Waals surface area contributed by atoms with E-state index in [1.54, 1.807) is 24.3 Å². The Bertz CT molecular complexity index is 1180. The van der Waals surface area contributed by atoms with Crippen molar-refractivity contribution in [3.63, 3.8) is 0 Å². The van der Waals surface area contributed by atoms with Crippen LogP contribution < -0.4 is 5.32 Å². The number of halogens is 3. The molecule has 0 unspecified atom stereocenters. The highest BCUT2D eigenvalue weighted by Gasteiger charge is 2.38. The lowest BCUT2D eigenvalue weighted by Crippen LogP contribution is -2.48. The van der Waals surface area contributed by atoms with E-state index in [0.717, 1.165) is 35.1 Å². The zero-order valence-electron chi connectivity index (χ0n) is 19.0. The van der Waals surface area contributed by atoms with E-state index >= 15 is 0 Å². The van der Waals surface area contributed by atoms with E-state index in [-0.39, 0.29) is 18.4 Å². The summed E-state index contributed by atoms with van der Waals surface area (Å²) in [4.78, 5) is 30.3. The monoisotopic (exact) mass is 472 g/mol. The number of hydrogen-bond acceptors (Lipinski definition) is 2. The van der Waals surface area contributed by atoms with Gasteiger partial charge >= 0.3 is 6.18 Å². The summed E-state index contributed by atoms with van der Waals surface area (Å²) in [5.41, 5.74) is 1.53. The molecule has 0 saturated carbocycles. The standard InChI is InChI=1S/C25H27F3N2O2Si/c1-4-33(5-2,6-3)22-17(20-15-16(25(26,27)28)11-12-21(20)29-22)13-14-30-23(31)18-9-7-8-10-19(18)24(30)32/h7-12,15,29H,4-6,13-14H2,1-3H3. The quantitative estimate of drug-likeness (QED) is 0.352. The van der Waals surface area contributed by atoms with Crippen molar-refractivity contribution in [2.45, 2.75) is 51.5 Å². The van der Waals surface area contributed by atoms with E-state index in [4.69, 9.17) is 0 Å². The number of carbonyl (C=O) groups excluding carboxylic acids is 2. The second kappa shape index (κ2) is 8.48. The molecule has 33 heavy (non-hydrogen) atoms. The molecule has 0 fully saturated rings. The van der Waals surface area contributed by atoms with Crippen LogP contribution in [0.15, 0.2) is 42.5 Å². The number of fused-ring (bicyclic) bond motifs is 2. The fourth-order valence-electron chi connectivity index (χ4n) is 5.08. The van der Waals surface area contributed by atoms with E-state index in [1.165, 1.54) is 17.0 Å². The van der Waals surface area contributed by atoms with Crippen LogP contribution in [0.5, 0.6) is 0 Å². The van der Waals surface area contributed by atoms with Gasteiger partial charge in [-0.1, -0.05) is 51.0 Å².